The van der Waals surface area contributed by atoms with Crippen LogP contribution >= 0.6 is 23.2 Å². The van der Waals surface area contributed by atoms with Crippen LogP contribution in [0.5, 0.6) is 0 Å². The quantitative estimate of drug-likeness (QED) is 0.253. The zero-order valence-electron chi connectivity index (χ0n) is 23.0. The first kappa shape index (κ1) is 28.6. The van der Waals surface area contributed by atoms with Crippen LogP contribution in [0.2, 0.25) is 10.0 Å². The molecule has 1 aromatic heterocycles. The number of rotatable bonds is 7. The van der Waals surface area contributed by atoms with Gasteiger partial charge in [-0.15, -0.1) is 10.2 Å². The van der Waals surface area contributed by atoms with Crippen molar-refractivity contribution in [3.8, 4) is 11.3 Å². The maximum atomic E-state index is 13.6. The average molecular weight is 589 g/mol. The molecule has 4 aromatic rings. The molecule has 0 aliphatic carbocycles. The van der Waals surface area contributed by atoms with Crippen LogP contribution in [0.25, 0.3) is 11.3 Å². The van der Waals surface area contributed by atoms with E-state index in [1.54, 1.807) is 17.0 Å². The van der Waals surface area contributed by atoms with Gasteiger partial charge >= 0.3 is 0 Å². The molecule has 0 N–H and O–H groups in total. The Morgan fingerprint density at radius 2 is 1.59 bits per heavy atom. The van der Waals surface area contributed by atoms with Gasteiger partial charge in [-0.1, -0.05) is 71.2 Å². The van der Waals surface area contributed by atoms with E-state index in [1.165, 1.54) is 0 Å². The van der Waals surface area contributed by atoms with Crippen LogP contribution in [-0.4, -0.2) is 64.5 Å². The number of carbonyl (C=O) groups is 2. The molecular formula is C32H31Cl2N5O2. The number of amides is 2. The van der Waals surface area contributed by atoms with Crippen molar-refractivity contribution in [1.82, 2.24) is 20.0 Å². The summed E-state index contributed by atoms with van der Waals surface area (Å²) in [7, 11) is 0. The zero-order chi connectivity index (χ0) is 28.9. The summed E-state index contributed by atoms with van der Waals surface area (Å²) in [5, 5.41) is 9.85. The Morgan fingerprint density at radius 1 is 0.878 bits per heavy atom. The second-order valence-corrected chi connectivity index (χ2v) is 11.0. The van der Waals surface area contributed by atoms with E-state index in [9.17, 15) is 9.59 Å². The minimum absolute atomic E-state index is 0.000868. The zero-order valence-corrected chi connectivity index (χ0v) is 24.5. The fourth-order valence-corrected chi connectivity index (χ4v) is 5.43. The number of benzene rings is 3. The maximum absolute atomic E-state index is 13.6. The van der Waals surface area contributed by atoms with Crippen molar-refractivity contribution in [1.29, 1.82) is 0 Å². The molecule has 5 rings (SSSR count). The number of nitrogens with zero attached hydrogens (tertiary/aromatic N) is 5. The van der Waals surface area contributed by atoms with Crippen molar-refractivity contribution in [3.05, 3.63) is 112 Å². The number of hydrogen-bond acceptors (Lipinski definition) is 5. The maximum Gasteiger partial charge on any atom is 0.254 e. The highest BCUT2D eigenvalue weighted by atomic mass is 35.5. The third-order valence-corrected chi connectivity index (χ3v) is 7.98. The molecule has 1 saturated heterocycles. The highest BCUT2D eigenvalue weighted by Crippen LogP contribution is 2.29. The average Bonchev–Trinajstić information content (AvgIpc) is 3.00. The first-order chi connectivity index (χ1) is 19.8. The molecule has 1 atom stereocenters. The van der Waals surface area contributed by atoms with Gasteiger partial charge in [0.15, 0.2) is 5.82 Å². The Balaban J connectivity index is 1.25. The molecule has 1 aliphatic rings. The van der Waals surface area contributed by atoms with Crippen molar-refractivity contribution in [3.63, 3.8) is 0 Å². The van der Waals surface area contributed by atoms with Gasteiger partial charge in [0, 0.05) is 42.3 Å². The molecule has 3 aromatic carbocycles. The van der Waals surface area contributed by atoms with E-state index in [1.807, 2.05) is 91.5 Å². The lowest BCUT2D eigenvalue weighted by atomic mass is 10.0. The monoisotopic (exact) mass is 587 g/mol. The summed E-state index contributed by atoms with van der Waals surface area (Å²) in [5.41, 5.74) is 4.05. The largest absolute Gasteiger partial charge is 0.352 e. The Morgan fingerprint density at radius 3 is 2.22 bits per heavy atom. The predicted molar refractivity (Wildman–Crippen MR) is 163 cm³/mol. The summed E-state index contributed by atoms with van der Waals surface area (Å²) in [6, 6.07) is 26.1. The third kappa shape index (κ3) is 6.69. The molecule has 2 heterocycles. The van der Waals surface area contributed by atoms with Gasteiger partial charge in [0.2, 0.25) is 5.91 Å². The molecule has 2 amide bonds. The number of piperazine rings is 1. The Kier molecular flexibility index (Phi) is 8.86. The second kappa shape index (κ2) is 12.7. The van der Waals surface area contributed by atoms with E-state index in [2.05, 4.69) is 15.1 Å². The van der Waals surface area contributed by atoms with Crippen LogP contribution in [0, 0.1) is 6.92 Å². The van der Waals surface area contributed by atoms with E-state index in [0.29, 0.717) is 47.5 Å². The molecular weight excluding hydrogens is 557 g/mol. The molecule has 0 spiro atoms. The lowest BCUT2D eigenvalue weighted by molar-refractivity contribution is -0.132. The van der Waals surface area contributed by atoms with Crippen LogP contribution in [0.15, 0.2) is 84.9 Å². The molecule has 0 bridgehead atoms. The molecule has 9 heteroatoms. The van der Waals surface area contributed by atoms with Crippen LogP contribution < -0.4 is 4.90 Å². The Hall–Kier alpha value is -3.94. The number of aromatic nitrogens is 2. The van der Waals surface area contributed by atoms with Crippen molar-refractivity contribution in [2.75, 3.05) is 37.6 Å². The topological polar surface area (TPSA) is 69.6 Å². The van der Waals surface area contributed by atoms with Gasteiger partial charge in [-0.3, -0.25) is 9.59 Å². The fraction of sp³-hybridized carbons (Fsp3) is 0.250. The van der Waals surface area contributed by atoms with Crippen molar-refractivity contribution >= 4 is 40.8 Å². The smallest absolute Gasteiger partial charge is 0.254 e. The summed E-state index contributed by atoms with van der Waals surface area (Å²) >= 11 is 12.3. The molecule has 1 aliphatic heterocycles. The van der Waals surface area contributed by atoms with Crippen LogP contribution in [0.4, 0.5) is 5.82 Å². The van der Waals surface area contributed by atoms with Gasteiger partial charge in [-0.05, 0) is 61.9 Å². The number of carbonyl (C=O) groups excluding carboxylic acids is 2. The van der Waals surface area contributed by atoms with Gasteiger partial charge in [0.1, 0.15) is 6.54 Å². The normalized spacial score (nSPS) is 14.0. The van der Waals surface area contributed by atoms with Crippen LogP contribution in [0.1, 0.15) is 34.5 Å². The van der Waals surface area contributed by atoms with E-state index in [-0.39, 0.29) is 24.4 Å². The standard InChI is InChI=1S/C32H31Cl2N5O2/c1-22-8-10-25(11-9-22)32(41)39(23(2)24-6-4-3-5-7-24)21-31(40)38-18-16-37(17-19-38)30-15-14-29(35-36-30)27-13-12-26(33)20-28(27)34/h3-15,20,23H,16-19,21H2,1-2H3/t23-/m1/s1. The van der Waals surface area contributed by atoms with Gasteiger partial charge in [0.25, 0.3) is 5.91 Å². The van der Waals surface area contributed by atoms with Crippen LogP contribution in [0.3, 0.4) is 0 Å². The van der Waals surface area contributed by atoms with Crippen LogP contribution in [-0.2, 0) is 4.79 Å². The number of halogens is 2. The molecule has 0 saturated carbocycles. The Labute approximate surface area is 250 Å². The van der Waals surface area contributed by atoms with Gasteiger partial charge in [-0.2, -0.15) is 0 Å². The van der Waals surface area contributed by atoms with Gasteiger partial charge in [0.05, 0.1) is 16.8 Å². The first-order valence-electron chi connectivity index (χ1n) is 13.5. The van der Waals surface area contributed by atoms with Crippen molar-refractivity contribution in [2.45, 2.75) is 19.9 Å². The summed E-state index contributed by atoms with van der Waals surface area (Å²) in [4.78, 5) is 32.7. The summed E-state index contributed by atoms with van der Waals surface area (Å²) in [6.07, 6.45) is 0. The molecule has 210 valence electrons. The lowest BCUT2D eigenvalue weighted by Crippen LogP contribution is -2.52. The van der Waals surface area contributed by atoms with Crippen molar-refractivity contribution in [2.24, 2.45) is 0 Å². The highest BCUT2D eigenvalue weighted by molar-refractivity contribution is 6.36. The predicted octanol–water partition coefficient (Wildman–Crippen LogP) is 6.31. The molecule has 41 heavy (non-hydrogen) atoms. The number of anilines is 1. The fourth-order valence-electron chi connectivity index (χ4n) is 4.92. The minimum atomic E-state index is -0.266. The minimum Gasteiger partial charge on any atom is -0.352 e. The molecule has 7 nitrogen and oxygen atoms in total. The Bertz CT molecular complexity index is 1510. The lowest BCUT2D eigenvalue weighted by Gasteiger charge is -2.37. The first-order valence-corrected chi connectivity index (χ1v) is 14.3. The van der Waals surface area contributed by atoms with E-state index < -0.39 is 0 Å². The van der Waals surface area contributed by atoms with Gasteiger partial charge < -0.3 is 14.7 Å². The number of aryl methyl sites for hydroxylation is 1. The van der Waals surface area contributed by atoms with Crippen molar-refractivity contribution < 1.29 is 9.59 Å². The van der Waals surface area contributed by atoms with E-state index >= 15 is 0 Å². The van der Waals surface area contributed by atoms with Gasteiger partial charge in [-0.25, -0.2) is 0 Å². The van der Waals surface area contributed by atoms with E-state index in [0.717, 1.165) is 22.5 Å². The SMILES string of the molecule is Cc1ccc(C(=O)N(CC(=O)N2CCN(c3ccc(-c4ccc(Cl)cc4Cl)nn3)CC2)[C@H](C)c2ccccc2)cc1. The third-order valence-electron chi connectivity index (χ3n) is 7.43. The highest BCUT2D eigenvalue weighted by Gasteiger charge is 2.29. The van der Waals surface area contributed by atoms with E-state index in [4.69, 9.17) is 23.2 Å². The second-order valence-electron chi connectivity index (χ2n) is 10.2. The summed E-state index contributed by atoms with van der Waals surface area (Å²) < 4.78 is 0. The molecule has 0 radical (unpaired) electrons. The summed E-state index contributed by atoms with van der Waals surface area (Å²) in [6.45, 7) is 6.22. The number of hydrogen-bond donors (Lipinski definition) is 0. The summed E-state index contributed by atoms with van der Waals surface area (Å²) in [5.74, 6) is 0.496. The molecule has 1 fully saturated rings. The molecule has 0 unspecified atom stereocenters.